The van der Waals surface area contributed by atoms with Crippen LogP contribution in [0.25, 0.3) is 16.7 Å². The number of nitrogens with zero attached hydrogens (tertiary/aromatic N) is 2. The minimum Gasteiger partial charge on any atom is -0.484 e. The lowest BCUT2D eigenvalue weighted by Gasteiger charge is -2.13. The van der Waals surface area contributed by atoms with Gasteiger partial charge in [-0.2, -0.15) is 13.2 Å². The van der Waals surface area contributed by atoms with Crippen molar-refractivity contribution >= 4 is 54.7 Å². The monoisotopic (exact) mass is 525 g/mol. The van der Waals surface area contributed by atoms with Crippen LogP contribution in [0.2, 0.25) is 0 Å². The first kappa shape index (κ1) is 20.3. The first-order valence-corrected chi connectivity index (χ1v) is 10.2. The van der Waals surface area contributed by atoms with E-state index in [1.807, 2.05) is 6.92 Å². The summed E-state index contributed by atoms with van der Waals surface area (Å²) < 4.78 is 44.1. The van der Waals surface area contributed by atoms with Gasteiger partial charge in [-0.05, 0) is 61.9 Å². The number of hydrogen-bond acceptors (Lipinski definition) is 4. The second-order valence-electron chi connectivity index (χ2n) is 5.34. The molecular weight excluding hydrogens is 515 g/mol. The van der Waals surface area contributed by atoms with Gasteiger partial charge in [0.1, 0.15) is 11.4 Å². The molecule has 2 heterocycles. The topological polar surface area (TPSA) is 59.9 Å². The second kappa shape index (κ2) is 7.88. The third kappa shape index (κ3) is 4.35. The van der Waals surface area contributed by atoms with Crippen molar-refractivity contribution in [2.24, 2.45) is 0 Å². The molecule has 3 aromatic rings. The van der Waals surface area contributed by atoms with E-state index in [4.69, 9.17) is 4.74 Å². The minimum absolute atomic E-state index is 0.0634. The van der Waals surface area contributed by atoms with E-state index < -0.39 is 12.8 Å². The minimum atomic E-state index is -4.41. The molecule has 27 heavy (non-hydrogen) atoms. The van der Waals surface area contributed by atoms with Crippen molar-refractivity contribution in [3.63, 3.8) is 0 Å². The van der Waals surface area contributed by atoms with Crippen molar-refractivity contribution in [1.29, 1.82) is 0 Å². The number of fused-ring (bicyclic) bond motifs is 1. The molecule has 11 heteroatoms. The first-order valence-electron chi connectivity index (χ1n) is 7.63. The Kier molecular flexibility index (Phi) is 5.92. The average molecular weight is 527 g/mol. The summed E-state index contributed by atoms with van der Waals surface area (Å²) >= 11 is 8.06. The number of alkyl halides is 3. The summed E-state index contributed by atoms with van der Waals surface area (Å²) in [5.41, 5.74) is 0.624. The molecule has 0 unspecified atom stereocenters. The number of aromatic amines is 1. The van der Waals surface area contributed by atoms with E-state index >= 15 is 0 Å². The number of nitrogens with one attached hydrogen (secondary N) is 1. The molecular formula is C16H12Br2F3N3O2S. The molecule has 0 spiro atoms. The Balaban J connectivity index is 2.07. The van der Waals surface area contributed by atoms with Gasteiger partial charge in [-0.1, -0.05) is 18.7 Å². The fourth-order valence-corrected chi connectivity index (χ4v) is 3.94. The number of hydrogen-bond donors (Lipinski definition) is 1. The maximum atomic E-state index is 13.1. The molecule has 144 valence electrons. The lowest BCUT2D eigenvalue weighted by atomic mass is 10.3. The van der Waals surface area contributed by atoms with Crippen LogP contribution in [-0.4, -0.2) is 33.1 Å². The maximum Gasteiger partial charge on any atom is 0.422 e. The lowest BCUT2D eigenvalue weighted by molar-refractivity contribution is -0.153. The SMILES string of the molecule is CCSc1nc2[nH]c(Br)c(Br)c2c(=O)n1-c1ccc(OCC(F)(F)F)cc1. The molecule has 3 rings (SSSR count). The molecule has 0 aliphatic carbocycles. The van der Waals surface area contributed by atoms with Crippen LogP contribution in [0.1, 0.15) is 6.92 Å². The predicted octanol–water partition coefficient (Wildman–Crippen LogP) is 5.29. The van der Waals surface area contributed by atoms with E-state index in [0.717, 1.165) is 0 Å². The van der Waals surface area contributed by atoms with Crippen LogP contribution >= 0.6 is 43.6 Å². The summed E-state index contributed by atoms with van der Waals surface area (Å²) in [6.45, 7) is 0.557. The average Bonchev–Trinajstić information content (AvgIpc) is 2.88. The van der Waals surface area contributed by atoms with Gasteiger partial charge in [-0.15, -0.1) is 0 Å². The maximum absolute atomic E-state index is 13.1. The number of thioether (sulfide) groups is 1. The van der Waals surface area contributed by atoms with Gasteiger partial charge < -0.3 is 9.72 Å². The summed E-state index contributed by atoms with van der Waals surface area (Å²) in [5.74, 6) is 0.752. The van der Waals surface area contributed by atoms with E-state index in [0.29, 0.717) is 36.7 Å². The number of halogens is 5. The van der Waals surface area contributed by atoms with Crippen molar-refractivity contribution in [2.45, 2.75) is 18.3 Å². The molecule has 1 N–H and O–H groups in total. The smallest absolute Gasteiger partial charge is 0.422 e. The van der Waals surface area contributed by atoms with Gasteiger partial charge in [0.15, 0.2) is 11.8 Å². The highest BCUT2D eigenvalue weighted by molar-refractivity contribution is 9.13. The molecule has 0 aliphatic heterocycles. The molecule has 0 fully saturated rings. The lowest BCUT2D eigenvalue weighted by Crippen LogP contribution is -2.22. The van der Waals surface area contributed by atoms with Crippen LogP contribution in [0.3, 0.4) is 0 Å². The van der Waals surface area contributed by atoms with Crippen molar-refractivity contribution in [3.05, 3.63) is 43.7 Å². The molecule has 0 radical (unpaired) electrons. The van der Waals surface area contributed by atoms with Crippen LogP contribution in [0.15, 0.2) is 43.3 Å². The number of rotatable bonds is 5. The molecule has 2 aromatic heterocycles. The van der Waals surface area contributed by atoms with Gasteiger partial charge in [0, 0.05) is 0 Å². The fourth-order valence-electron chi connectivity index (χ4n) is 2.37. The van der Waals surface area contributed by atoms with Crippen molar-refractivity contribution in [3.8, 4) is 11.4 Å². The van der Waals surface area contributed by atoms with Crippen LogP contribution in [0.5, 0.6) is 5.75 Å². The third-order valence-electron chi connectivity index (χ3n) is 3.46. The summed E-state index contributed by atoms with van der Waals surface area (Å²) in [7, 11) is 0. The molecule has 1 aromatic carbocycles. The Morgan fingerprint density at radius 2 is 1.93 bits per heavy atom. The highest BCUT2D eigenvalue weighted by Gasteiger charge is 2.28. The zero-order chi connectivity index (χ0) is 19.8. The van der Waals surface area contributed by atoms with Gasteiger partial charge in [-0.3, -0.25) is 9.36 Å². The number of ether oxygens (including phenoxy) is 1. The van der Waals surface area contributed by atoms with E-state index in [1.54, 1.807) is 0 Å². The van der Waals surface area contributed by atoms with Crippen LogP contribution in [0.4, 0.5) is 13.2 Å². The van der Waals surface area contributed by atoms with Gasteiger partial charge in [0.05, 0.1) is 20.1 Å². The summed E-state index contributed by atoms with van der Waals surface area (Å²) in [6, 6.07) is 5.83. The Morgan fingerprint density at radius 3 is 2.52 bits per heavy atom. The molecule has 0 atom stereocenters. The Bertz CT molecular complexity index is 1030. The van der Waals surface area contributed by atoms with Crippen molar-refractivity contribution in [2.75, 3.05) is 12.4 Å². The Labute approximate surface area is 172 Å². The Hall–Kier alpha value is -1.46. The highest BCUT2D eigenvalue weighted by Crippen LogP contribution is 2.31. The number of benzene rings is 1. The summed E-state index contributed by atoms with van der Waals surface area (Å²) in [6.07, 6.45) is -4.41. The van der Waals surface area contributed by atoms with E-state index in [9.17, 15) is 18.0 Å². The zero-order valence-electron chi connectivity index (χ0n) is 13.7. The quantitative estimate of drug-likeness (QED) is 0.362. The van der Waals surface area contributed by atoms with Gasteiger partial charge in [0.2, 0.25) is 0 Å². The number of H-pyrrole nitrogens is 1. The van der Waals surface area contributed by atoms with Gasteiger partial charge >= 0.3 is 6.18 Å². The molecule has 0 saturated carbocycles. The zero-order valence-corrected chi connectivity index (χ0v) is 17.7. The van der Waals surface area contributed by atoms with Crippen LogP contribution in [0, 0.1) is 0 Å². The van der Waals surface area contributed by atoms with Crippen LogP contribution < -0.4 is 10.3 Å². The largest absolute Gasteiger partial charge is 0.484 e. The highest BCUT2D eigenvalue weighted by atomic mass is 79.9. The molecule has 0 saturated heterocycles. The Morgan fingerprint density at radius 1 is 1.26 bits per heavy atom. The summed E-state index contributed by atoms with van der Waals surface area (Å²) in [4.78, 5) is 20.6. The van der Waals surface area contributed by atoms with E-state index in [-0.39, 0.29) is 11.3 Å². The normalized spacial score (nSPS) is 11.9. The molecule has 0 amide bonds. The van der Waals surface area contributed by atoms with Crippen molar-refractivity contribution in [1.82, 2.24) is 14.5 Å². The van der Waals surface area contributed by atoms with Crippen LogP contribution in [-0.2, 0) is 0 Å². The number of aromatic nitrogens is 3. The predicted molar refractivity (Wildman–Crippen MR) is 105 cm³/mol. The van der Waals surface area contributed by atoms with E-state index in [1.165, 1.54) is 40.6 Å². The first-order chi connectivity index (χ1) is 12.7. The standard InChI is InChI=1S/C16H12Br2F3N3O2S/c1-2-27-15-23-13-10(11(17)12(18)22-13)14(25)24(15)8-3-5-9(6-4-8)26-7-16(19,20)21/h3-6,22H,2,7H2,1H3. The van der Waals surface area contributed by atoms with Gasteiger partial charge in [0.25, 0.3) is 5.56 Å². The van der Waals surface area contributed by atoms with Gasteiger partial charge in [-0.25, -0.2) is 4.98 Å². The fraction of sp³-hybridized carbons (Fsp3) is 0.250. The summed E-state index contributed by atoms with van der Waals surface area (Å²) in [5, 5.41) is 0.847. The third-order valence-corrected chi connectivity index (χ3v) is 6.20. The van der Waals surface area contributed by atoms with E-state index in [2.05, 4.69) is 41.8 Å². The molecule has 0 aliphatic rings. The second-order valence-corrected chi connectivity index (χ2v) is 8.16. The molecule has 5 nitrogen and oxygen atoms in total. The van der Waals surface area contributed by atoms with Crippen molar-refractivity contribution < 1.29 is 17.9 Å². The molecule has 0 bridgehead atoms.